The molecule has 3 aromatic heterocycles. The summed E-state index contributed by atoms with van der Waals surface area (Å²) in [5.41, 5.74) is 10.0. The molecule has 5 rings (SSSR count). The Morgan fingerprint density at radius 2 is 2.08 bits per heavy atom. The summed E-state index contributed by atoms with van der Waals surface area (Å²) in [5, 5.41) is 4.56. The molecule has 0 bridgehead atoms. The van der Waals surface area contributed by atoms with Crippen molar-refractivity contribution in [3.63, 3.8) is 0 Å². The van der Waals surface area contributed by atoms with E-state index in [0.717, 1.165) is 29.8 Å². The molecule has 24 heavy (non-hydrogen) atoms. The summed E-state index contributed by atoms with van der Waals surface area (Å²) in [5.74, 6) is 1.17. The van der Waals surface area contributed by atoms with E-state index < -0.39 is 0 Å². The largest absolute Gasteiger partial charge is 0.383 e. The SMILES string of the molecule is Nc1nc(-c2c[nH]c3cc(=O)c(C4CC4)nn23)ccc1C1COC1. The third-order valence-electron chi connectivity index (χ3n) is 4.80. The summed E-state index contributed by atoms with van der Waals surface area (Å²) in [6, 6.07) is 5.56. The number of aromatic amines is 1. The first-order valence-electron chi connectivity index (χ1n) is 8.16. The predicted octanol–water partition coefficient (Wildman–Crippen LogP) is 1.66. The first-order valence-corrected chi connectivity index (χ1v) is 8.16. The second kappa shape index (κ2) is 4.91. The Kier molecular flexibility index (Phi) is 2.81. The van der Waals surface area contributed by atoms with Crippen molar-refractivity contribution >= 4 is 11.5 Å². The molecule has 0 unspecified atom stereocenters. The summed E-state index contributed by atoms with van der Waals surface area (Å²) in [6.07, 6.45) is 3.89. The number of anilines is 1. The van der Waals surface area contributed by atoms with E-state index >= 15 is 0 Å². The van der Waals surface area contributed by atoms with E-state index in [0.29, 0.717) is 42.2 Å². The maximum absolute atomic E-state index is 12.1. The highest BCUT2D eigenvalue weighted by Gasteiger charge is 2.29. The van der Waals surface area contributed by atoms with Crippen LogP contribution in [0.4, 0.5) is 5.82 Å². The van der Waals surface area contributed by atoms with Crippen LogP contribution in [0, 0.1) is 0 Å². The molecule has 0 radical (unpaired) electrons. The number of ether oxygens (including phenoxy) is 1. The van der Waals surface area contributed by atoms with E-state index in [9.17, 15) is 4.79 Å². The van der Waals surface area contributed by atoms with Gasteiger partial charge in [0.1, 0.15) is 22.9 Å². The van der Waals surface area contributed by atoms with E-state index in [1.165, 1.54) is 0 Å². The fourth-order valence-corrected chi connectivity index (χ4v) is 3.17. The standard InChI is InChI=1S/C17H17N5O2/c18-17-11(10-7-24-8-10)3-4-12(20-17)13-6-19-15-5-14(23)16(9-1-2-9)21-22(13)15/h3-6,9-10,19H,1-2,7-8H2,(H2,18,20). The molecule has 4 heterocycles. The van der Waals surface area contributed by atoms with Gasteiger partial charge in [0.2, 0.25) is 5.43 Å². The number of rotatable bonds is 3. The molecule has 0 atom stereocenters. The van der Waals surface area contributed by atoms with Crippen molar-refractivity contribution in [3.05, 3.63) is 45.9 Å². The molecule has 2 fully saturated rings. The van der Waals surface area contributed by atoms with Crippen molar-refractivity contribution in [3.8, 4) is 11.4 Å². The van der Waals surface area contributed by atoms with Gasteiger partial charge < -0.3 is 15.5 Å². The zero-order valence-corrected chi connectivity index (χ0v) is 13.0. The summed E-state index contributed by atoms with van der Waals surface area (Å²) in [7, 11) is 0. The molecule has 0 amide bonds. The zero-order chi connectivity index (χ0) is 16.3. The number of hydrogen-bond acceptors (Lipinski definition) is 5. The zero-order valence-electron chi connectivity index (χ0n) is 13.0. The third-order valence-corrected chi connectivity index (χ3v) is 4.80. The first-order chi connectivity index (χ1) is 11.7. The number of nitrogens with one attached hydrogen (secondary N) is 1. The number of fused-ring (bicyclic) bond motifs is 1. The Labute approximate surface area is 137 Å². The minimum Gasteiger partial charge on any atom is -0.383 e. The monoisotopic (exact) mass is 323 g/mol. The second-order valence-electron chi connectivity index (χ2n) is 6.54. The van der Waals surface area contributed by atoms with Crippen LogP contribution in [-0.4, -0.2) is 32.8 Å². The van der Waals surface area contributed by atoms with Gasteiger partial charge in [-0.1, -0.05) is 6.07 Å². The fourth-order valence-electron chi connectivity index (χ4n) is 3.17. The van der Waals surface area contributed by atoms with Gasteiger partial charge in [0.05, 0.1) is 18.9 Å². The van der Waals surface area contributed by atoms with Crippen LogP contribution in [0.1, 0.15) is 35.9 Å². The highest BCUT2D eigenvalue weighted by atomic mass is 16.5. The molecule has 7 nitrogen and oxygen atoms in total. The molecular weight excluding hydrogens is 306 g/mol. The summed E-state index contributed by atoms with van der Waals surface area (Å²) in [6.45, 7) is 1.40. The Balaban J connectivity index is 1.62. The lowest BCUT2D eigenvalue weighted by Gasteiger charge is -2.27. The topological polar surface area (TPSA) is 98.3 Å². The third kappa shape index (κ3) is 2.05. The van der Waals surface area contributed by atoms with Crippen LogP contribution in [0.3, 0.4) is 0 Å². The minimum atomic E-state index is -0.00120. The van der Waals surface area contributed by atoms with Crippen molar-refractivity contribution < 1.29 is 4.74 Å². The molecule has 7 heteroatoms. The van der Waals surface area contributed by atoms with Gasteiger partial charge in [-0.3, -0.25) is 4.79 Å². The molecule has 1 saturated carbocycles. The van der Waals surface area contributed by atoms with Crippen LogP contribution in [0.5, 0.6) is 0 Å². The van der Waals surface area contributed by atoms with Gasteiger partial charge >= 0.3 is 0 Å². The highest BCUT2D eigenvalue weighted by Crippen LogP contribution is 2.37. The number of pyridine rings is 1. The normalized spacial score (nSPS) is 18.0. The number of aromatic nitrogens is 4. The number of imidazole rings is 1. The second-order valence-corrected chi connectivity index (χ2v) is 6.54. The molecule has 3 aromatic rings. The van der Waals surface area contributed by atoms with Gasteiger partial charge in [-0.2, -0.15) is 5.10 Å². The Morgan fingerprint density at radius 3 is 2.75 bits per heavy atom. The molecule has 1 saturated heterocycles. The Hall–Kier alpha value is -2.67. The van der Waals surface area contributed by atoms with Crippen LogP contribution >= 0.6 is 0 Å². The molecule has 122 valence electrons. The van der Waals surface area contributed by atoms with Crippen molar-refractivity contribution in [2.75, 3.05) is 18.9 Å². The van der Waals surface area contributed by atoms with Crippen molar-refractivity contribution in [2.24, 2.45) is 0 Å². The van der Waals surface area contributed by atoms with Gasteiger partial charge in [0.15, 0.2) is 0 Å². The lowest BCUT2D eigenvalue weighted by atomic mass is 9.98. The molecule has 3 N–H and O–H groups in total. The van der Waals surface area contributed by atoms with Crippen LogP contribution in [0.2, 0.25) is 0 Å². The lowest BCUT2D eigenvalue weighted by molar-refractivity contribution is 0.00861. The molecular formula is C17H17N5O2. The predicted molar refractivity (Wildman–Crippen MR) is 89.0 cm³/mol. The number of nitrogens with two attached hydrogens (primary N) is 1. The smallest absolute Gasteiger partial charge is 0.205 e. The van der Waals surface area contributed by atoms with E-state index in [-0.39, 0.29) is 5.43 Å². The summed E-state index contributed by atoms with van der Waals surface area (Å²) in [4.78, 5) is 19.8. The number of hydrogen-bond donors (Lipinski definition) is 2. The van der Waals surface area contributed by atoms with Gasteiger partial charge in [-0.25, -0.2) is 9.50 Å². The summed E-state index contributed by atoms with van der Waals surface area (Å²) >= 11 is 0. The summed E-state index contributed by atoms with van der Waals surface area (Å²) < 4.78 is 6.98. The van der Waals surface area contributed by atoms with E-state index in [2.05, 4.69) is 15.1 Å². The van der Waals surface area contributed by atoms with Gasteiger partial charge in [-0.05, 0) is 18.9 Å². The van der Waals surface area contributed by atoms with Crippen molar-refractivity contribution in [1.29, 1.82) is 0 Å². The Bertz CT molecular complexity index is 998. The fraction of sp³-hybridized carbons (Fsp3) is 0.353. The van der Waals surface area contributed by atoms with Crippen LogP contribution in [0.15, 0.2) is 29.2 Å². The van der Waals surface area contributed by atoms with Crippen LogP contribution in [0.25, 0.3) is 17.0 Å². The highest BCUT2D eigenvalue weighted by molar-refractivity contribution is 5.62. The van der Waals surface area contributed by atoms with Crippen LogP contribution in [-0.2, 0) is 4.74 Å². The van der Waals surface area contributed by atoms with Gasteiger partial charge in [0.25, 0.3) is 0 Å². The van der Waals surface area contributed by atoms with Gasteiger partial charge in [0, 0.05) is 29.7 Å². The lowest BCUT2D eigenvalue weighted by Crippen LogP contribution is -2.26. The van der Waals surface area contributed by atoms with E-state index in [1.54, 1.807) is 10.6 Å². The number of nitrogens with zero attached hydrogens (tertiary/aromatic N) is 3. The van der Waals surface area contributed by atoms with Crippen molar-refractivity contribution in [2.45, 2.75) is 24.7 Å². The average molecular weight is 323 g/mol. The quantitative estimate of drug-likeness (QED) is 0.764. The van der Waals surface area contributed by atoms with E-state index in [1.807, 2.05) is 18.3 Å². The number of nitrogen functional groups attached to an aromatic ring is 1. The molecule has 0 spiro atoms. The first kappa shape index (κ1) is 13.7. The maximum atomic E-state index is 12.1. The van der Waals surface area contributed by atoms with Crippen LogP contribution < -0.4 is 11.2 Å². The maximum Gasteiger partial charge on any atom is 0.205 e. The van der Waals surface area contributed by atoms with Gasteiger partial charge in [-0.15, -0.1) is 0 Å². The molecule has 2 aliphatic rings. The molecule has 1 aliphatic carbocycles. The van der Waals surface area contributed by atoms with E-state index in [4.69, 9.17) is 10.5 Å². The van der Waals surface area contributed by atoms with Crippen molar-refractivity contribution in [1.82, 2.24) is 19.6 Å². The Morgan fingerprint density at radius 1 is 1.25 bits per heavy atom. The molecule has 0 aromatic carbocycles. The average Bonchev–Trinajstić information content (AvgIpc) is 3.27. The molecule has 1 aliphatic heterocycles. The number of H-pyrrole nitrogens is 1. The minimum absolute atomic E-state index is 0.00120.